The van der Waals surface area contributed by atoms with Crippen LogP contribution in [0, 0.1) is 5.82 Å². The van der Waals surface area contributed by atoms with Gasteiger partial charge in [0.2, 0.25) is 0 Å². The Morgan fingerprint density at radius 1 is 1.19 bits per heavy atom. The van der Waals surface area contributed by atoms with E-state index in [9.17, 15) is 14.0 Å². The lowest BCUT2D eigenvalue weighted by atomic mass is 10.1. The lowest BCUT2D eigenvalue weighted by Gasteiger charge is -2.20. The molecule has 0 saturated carbocycles. The van der Waals surface area contributed by atoms with Crippen LogP contribution in [-0.2, 0) is 20.9 Å². The maximum atomic E-state index is 12.9. The number of rotatable bonds is 6. The van der Waals surface area contributed by atoms with Gasteiger partial charge in [-0.05, 0) is 36.3 Å². The molecule has 0 saturated heterocycles. The quantitative estimate of drug-likeness (QED) is 0.794. The van der Waals surface area contributed by atoms with Crippen molar-refractivity contribution < 1.29 is 23.5 Å². The highest BCUT2D eigenvalue weighted by molar-refractivity contribution is 5.96. The predicted octanol–water partition coefficient (Wildman–Crippen LogP) is 3.24. The summed E-state index contributed by atoms with van der Waals surface area (Å²) in [5.41, 5.74) is 1.91. The molecule has 1 heterocycles. The standard InChI is InChI=1S/C21H20FNO4/c1-2-18(20(24)23-12-14-7-9-17(22)10-8-14)27-21(25)16-11-15-5-3-4-6-19(15)26-13-16/h3-11,18H,2,12-13H2,1H3,(H,23,24). The number of nitrogens with one attached hydrogen (secondary N) is 1. The number of ether oxygens (including phenoxy) is 2. The third-order valence-electron chi connectivity index (χ3n) is 4.19. The highest BCUT2D eigenvalue weighted by Crippen LogP contribution is 2.26. The van der Waals surface area contributed by atoms with E-state index in [1.165, 1.54) is 12.1 Å². The number of carbonyl (C=O) groups is 2. The first-order valence-electron chi connectivity index (χ1n) is 8.72. The summed E-state index contributed by atoms with van der Waals surface area (Å²) in [7, 11) is 0. The topological polar surface area (TPSA) is 64.6 Å². The minimum atomic E-state index is -0.906. The van der Waals surface area contributed by atoms with Gasteiger partial charge in [0.1, 0.15) is 18.2 Å². The average Bonchev–Trinajstić information content (AvgIpc) is 2.70. The van der Waals surface area contributed by atoms with E-state index in [1.54, 1.807) is 25.1 Å². The van der Waals surface area contributed by atoms with Crippen molar-refractivity contribution in [1.29, 1.82) is 0 Å². The Morgan fingerprint density at radius 2 is 1.93 bits per heavy atom. The van der Waals surface area contributed by atoms with Crippen LogP contribution in [0.3, 0.4) is 0 Å². The Morgan fingerprint density at radius 3 is 2.67 bits per heavy atom. The van der Waals surface area contributed by atoms with Crippen LogP contribution in [-0.4, -0.2) is 24.6 Å². The van der Waals surface area contributed by atoms with Gasteiger partial charge < -0.3 is 14.8 Å². The Balaban J connectivity index is 1.59. The van der Waals surface area contributed by atoms with Crippen LogP contribution in [0.5, 0.6) is 5.75 Å². The van der Waals surface area contributed by atoms with Crippen LogP contribution >= 0.6 is 0 Å². The predicted molar refractivity (Wildman–Crippen MR) is 98.3 cm³/mol. The van der Waals surface area contributed by atoms with Crippen LogP contribution in [0.1, 0.15) is 24.5 Å². The maximum Gasteiger partial charge on any atom is 0.338 e. The van der Waals surface area contributed by atoms with Crippen molar-refractivity contribution in [3.8, 4) is 5.75 Å². The molecular formula is C21H20FNO4. The number of hydrogen-bond donors (Lipinski definition) is 1. The van der Waals surface area contributed by atoms with E-state index in [0.717, 1.165) is 11.1 Å². The number of fused-ring (bicyclic) bond motifs is 1. The average molecular weight is 369 g/mol. The molecule has 0 spiro atoms. The Hall–Kier alpha value is -3.15. The maximum absolute atomic E-state index is 12.9. The number of amides is 1. The van der Waals surface area contributed by atoms with E-state index in [4.69, 9.17) is 9.47 Å². The van der Waals surface area contributed by atoms with Crippen molar-refractivity contribution in [3.63, 3.8) is 0 Å². The fourth-order valence-electron chi connectivity index (χ4n) is 2.67. The molecule has 1 atom stereocenters. The molecule has 0 aromatic heterocycles. The van der Waals surface area contributed by atoms with E-state index < -0.39 is 18.0 Å². The third kappa shape index (κ3) is 4.73. The molecule has 0 fully saturated rings. The Bertz CT molecular complexity index is 861. The molecule has 140 valence electrons. The normalized spacial score (nSPS) is 13.6. The van der Waals surface area contributed by atoms with E-state index >= 15 is 0 Å². The van der Waals surface area contributed by atoms with Gasteiger partial charge in [0.05, 0.1) is 5.57 Å². The summed E-state index contributed by atoms with van der Waals surface area (Å²) < 4.78 is 23.8. The van der Waals surface area contributed by atoms with Gasteiger partial charge in [-0.25, -0.2) is 9.18 Å². The van der Waals surface area contributed by atoms with E-state index in [0.29, 0.717) is 17.7 Å². The SMILES string of the molecule is CCC(OC(=O)C1=Cc2ccccc2OC1)C(=O)NCc1ccc(F)cc1. The largest absolute Gasteiger partial charge is 0.488 e. The summed E-state index contributed by atoms with van der Waals surface area (Å²) in [5.74, 6) is -0.602. The summed E-state index contributed by atoms with van der Waals surface area (Å²) in [6.07, 6.45) is 1.15. The van der Waals surface area contributed by atoms with Gasteiger partial charge in [-0.3, -0.25) is 4.79 Å². The van der Waals surface area contributed by atoms with Crippen molar-refractivity contribution >= 4 is 18.0 Å². The lowest BCUT2D eigenvalue weighted by molar-refractivity contribution is -0.152. The molecule has 1 aliphatic rings. The number of benzene rings is 2. The second-order valence-corrected chi connectivity index (χ2v) is 6.14. The molecule has 3 rings (SSSR count). The Labute approximate surface area is 156 Å². The molecule has 1 unspecified atom stereocenters. The second-order valence-electron chi connectivity index (χ2n) is 6.14. The number of esters is 1. The Kier molecular flexibility index (Phi) is 5.86. The van der Waals surface area contributed by atoms with Gasteiger partial charge in [0.25, 0.3) is 5.91 Å². The van der Waals surface area contributed by atoms with Crippen molar-refractivity contribution in [2.45, 2.75) is 26.0 Å². The highest BCUT2D eigenvalue weighted by Gasteiger charge is 2.25. The minimum absolute atomic E-state index is 0.101. The molecule has 27 heavy (non-hydrogen) atoms. The number of carbonyl (C=O) groups excluding carboxylic acids is 2. The molecule has 0 bridgehead atoms. The molecule has 0 radical (unpaired) electrons. The van der Waals surface area contributed by atoms with Gasteiger partial charge in [0, 0.05) is 12.1 Å². The number of para-hydroxylation sites is 1. The van der Waals surface area contributed by atoms with E-state index in [2.05, 4.69) is 5.32 Å². The first kappa shape index (κ1) is 18.6. The molecule has 2 aromatic carbocycles. The summed E-state index contributed by atoms with van der Waals surface area (Å²) >= 11 is 0. The molecule has 2 aromatic rings. The highest BCUT2D eigenvalue weighted by atomic mass is 19.1. The van der Waals surface area contributed by atoms with Crippen molar-refractivity contribution in [1.82, 2.24) is 5.32 Å². The summed E-state index contributed by atoms with van der Waals surface area (Å²) in [6.45, 7) is 2.09. The van der Waals surface area contributed by atoms with Crippen LogP contribution < -0.4 is 10.1 Å². The van der Waals surface area contributed by atoms with Gasteiger partial charge in [-0.15, -0.1) is 0 Å². The smallest absolute Gasteiger partial charge is 0.338 e. The van der Waals surface area contributed by atoms with Crippen LogP contribution in [0.4, 0.5) is 4.39 Å². The molecule has 1 N–H and O–H groups in total. The van der Waals surface area contributed by atoms with Gasteiger partial charge in [-0.1, -0.05) is 37.3 Å². The first-order valence-corrected chi connectivity index (χ1v) is 8.72. The first-order chi connectivity index (χ1) is 13.1. The summed E-state index contributed by atoms with van der Waals surface area (Å²) in [6, 6.07) is 13.2. The van der Waals surface area contributed by atoms with Crippen molar-refractivity contribution in [2.24, 2.45) is 0 Å². The second kappa shape index (κ2) is 8.49. The molecule has 0 aliphatic carbocycles. The molecular weight excluding hydrogens is 349 g/mol. The fraction of sp³-hybridized carbons (Fsp3) is 0.238. The number of halogens is 1. The molecule has 1 amide bonds. The van der Waals surface area contributed by atoms with Crippen molar-refractivity contribution in [2.75, 3.05) is 6.61 Å². The molecule has 5 nitrogen and oxygen atoms in total. The zero-order chi connectivity index (χ0) is 19.2. The number of hydrogen-bond acceptors (Lipinski definition) is 4. The monoisotopic (exact) mass is 369 g/mol. The zero-order valence-electron chi connectivity index (χ0n) is 14.9. The molecule has 6 heteroatoms. The van der Waals surface area contributed by atoms with Crippen LogP contribution in [0.25, 0.3) is 6.08 Å². The van der Waals surface area contributed by atoms with Crippen LogP contribution in [0.2, 0.25) is 0 Å². The minimum Gasteiger partial charge on any atom is -0.488 e. The summed E-state index contributed by atoms with van der Waals surface area (Å²) in [4.78, 5) is 24.7. The van der Waals surface area contributed by atoms with Crippen LogP contribution in [0.15, 0.2) is 54.1 Å². The van der Waals surface area contributed by atoms with Gasteiger partial charge in [-0.2, -0.15) is 0 Å². The van der Waals surface area contributed by atoms with Gasteiger partial charge in [0.15, 0.2) is 6.10 Å². The third-order valence-corrected chi connectivity index (χ3v) is 4.19. The van der Waals surface area contributed by atoms with Crippen molar-refractivity contribution in [3.05, 3.63) is 71.0 Å². The summed E-state index contributed by atoms with van der Waals surface area (Å²) in [5, 5.41) is 2.70. The molecule has 1 aliphatic heterocycles. The zero-order valence-corrected chi connectivity index (χ0v) is 14.9. The lowest BCUT2D eigenvalue weighted by Crippen LogP contribution is -2.37. The fourth-order valence-corrected chi connectivity index (χ4v) is 2.67. The van der Waals surface area contributed by atoms with Gasteiger partial charge >= 0.3 is 5.97 Å². The van der Waals surface area contributed by atoms with E-state index in [-0.39, 0.29) is 19.0 Å². The van der Waals surface area contributed by atoms with E-state index in [1.807, 2.05) is 24.3 Å².